The summed E-state index contributed by atoms with van der Waals surface area (Å²) in [6.45, 7) is 1.87. The Bertz CT molecular complexity index is 461. The minimum atomic E-state index is -0.232. The van der Waals surface area contributed by atoms with E-state index in [2.05, 4.69) is 0 Å². The van der Waals surface area contributed by atoms with Crippen LogP contribution in [0.3, 0.4) is 0 Å². The van der Waals surface area contributed by atoms with E-state index >= 15 is 0 Å². The second-order valence-corrected chi connectivity index (χ2v) is 6.73. The average molecular weight is 294 g/mol. The molecule has 0 aromatic carbocycles. The van der Waals surface area contributed by atoms with Crippen molar-refractivity contribution in [3.05, 3.63) is 29.6 Å². The Hall–Kier alpha value is -1.23. The molecule has 0 bridgehead atoms. The van der Waals surface area contributed by atoms with Crippen LogP contribution in [0.5, 0.6) is 0 Å². The third-order valence-corrected chi connectivity index (χ3v) is 5.02. The van der Waals surface area contributed by atoms with Crippen LogP contribution in [0.4, 0.5) is 0 Å². The van der Waals surface area contributed by atoms with Crippen molar-refractivity contribution in [3.8, 4) is 0 Å². The summed E-state index contributed by atoms with van der Waals surface area (Å²) in [5, 5.41) is 12.0. The summed E-state index contributed by atoms with van der Waals surface area (Å²) in [6.07, 6.45) is 7.37. The molecule has 1 aliphatic rings. The van der Waals surface area contributed by atoms with Crippen LogP contribution in [-0.2, 0) is 4.79 Å². The number of carbonyl (C=O) groups excluding carboxylic acids is 1. The average Bonchev–Trinajstić information content (AvgIpc) is 2.49. The van der Waals surface area contributed by atoms with Gasteiger partial charge in [-0.25, -0.2) is 0 Å². The highest BCUT2D eigenvalue weighted by Crippen LogP contribution is 2.25. The fraction of sp³-hybridized carbons (Fsp3) is 0.600. The Kier molecular flexibility index (Phi) is 5.29. The monoisotopic (exact) mass is 294 g/mol. The molecule has 0 N–H and O–H groups in total. The van der Waals surface area contributed by atoms with E-state index in [9.17, 15) is 10.0 Å². The molecule has 0 spiro atoms. The molecule has 0 aliphatic heterocycles. The van der Waals surface area contributed by atoms with Gasteiger partial charge in [0.15, 0.2) is 6.20 Å². The molecule has 1 aliphatic carbocycles. The molecule has 20 heavy (non-hydrogen) atoms. The van der Waals surface area contributed by atoms with Crippen molar-refractivity contribution < 1.29 is 9.52 Å². The van der Waals surface area contributed by atoms with Gasteiger partial charge in [0.05, 0.1) is 5.25 Å². The SMILES string of the molecule is CC(Sc1cccc[n+]1[O-])C(=O)N(C)C1CCCCC1. The summed E-state index contributed by atoms with van der Waals surface area (Å²) in [7, 11) is 1.89. The molecular formula is C15H22N2O2S. The van der Waals surface area contributed by atoms with Gasteiger partial charge in [0, 0.05) is 25.2 Å². The maximum atomic E-state index is 12.5. The molecule has 1 atom stereocenters. The molecule has 1 saturated carbocycles. The lowest BCUT2D eigenvalue weighted by molar-refractivity contribution is -0.645. The minimum Gasteiger partial charge on any atom is -0.618 e. The Balaban J connectivity index is 1.96. The van der Waals surface area contributed by atoms with Gasteiger partial charge in [-0.1, -0.05) is 19.3 Å². The van der Waals surface area contributed by atoms with E-state index in [1.54, 1.807) is 12.1 Å². The molecular weight excluding hydrogens is 272 g/mol. The lowest BCUT2D eigenvalue weighted by Gasteiger charge is -2.32. The number of nitrogens with zero attached hydrogens (tertiary/aromatic N) is 2. The van der Waals surface area contributed by atoms with E-state index in [-0.39, 0.29) is 11.2 Å². The zero-order valence-electron chi connectivity index (χ0n) is 12.1. The minimum absolute atomic E-state index is 0.116. The van der Waals surface area contributed by atoms with E-state index in [0.717, 1.165) is 17.6 Å². The van der Waals surface area contributed by atoms with Crippen molar-refractivity contribution in [1.29, 1.82) is 0 Å². The van der Waals surface area contributed by atoms with Crippen molar-refractivity contribution >= 4 is 17.7 Å². The number of hydrogen-bond donors (Lipinski definition) is 0. The third kappa shape index (κ3) is 3.66. The van der Waals surface area contributed by atoms with E-state index in [4.69, 9.17) is 0 Å². The molecule has 1 amide bonds. The van der Waals surface area contributed by atoms with Crippen LogP contribution in [0.2, 0.25) is 0 Å². The summed E-state index contributed by atoms with van der Waals surface area (Å²) in [4.78, 5) is 14.3. The van der Waals surface area contributed by atoms with Crippen LogP contribution < -0.4 is 4.73 Å². The van der Waals surface area contributed by atoms with Gasteiger partial charge in [-0.2, -0.15) is 4.73 Å². The Morgan fingerprint density at radius 3 is 2.75 bits per heavy atom. The first-order valence-corrected chi connectivity index (χ1v) is 8.09. The molecule has 0 radical (unpaired) electrons. The summed E-state index contributed by atoms with van der Waals surface area (Å²) >= 11 is 1.33. The maximum absolute atomic E-state index is 12.5. The first-order chi connectivity index (χ1) is 9.59. The molecule has 1 aromatic heterocycles. The maximum Gasteiger partial charge on any atom is 0.252 e. The highest BCUT2D eigenvalue weighted by atomic mass is 32.2. The Morgan fingerprint density at radius 2 is 2.10 bits per heavy atom. The van der Waals surface area contributed by atoms with Crippen molar-refractivity contribution in [1.82, 2.24) is 4.90 Å². The number of aromatic nitrogens is 1. The predicted octanol–water partition coefficient (Wildman–Crippen LogP) is 2.59. The van der Waals surface area contributed by atoms with Crippen LogP contribution in [0, 0.1) is 5.21 Å². The van der Waals surface area contributed by atoms with E-state index < -0.39 is 0 Å². The van der Waals surface area contributed by atoms with Crippen molar-refractivity contribution in [3.63, 3.8) is 0 Å². The van der Waals surface area contributed by atoms with Crippen molar-refractivity contribution in [2.24, 2.45) is 0 Å². The number of rotatable bonds is 4. The van der Waals surface area contributed by atoms with Crippen molar-refractivity contribution in [2.45, 2.75) is 55.3 Å². The number of amides is 1. The van der Waals surface area contributed by atoms with Gasteiger partial charge in [-0.05, 0) is 37.6 Å². The highest BCUT2D eigenvalue weighted by Gasteiger charge is 2.27. The lowest BCUT2D eigenvalue weighted by atomic mass is 9.94. The molecule has 1 heterocycles. The van der Waals surface area contributed by atoms with Gasteiger partial charge in [0.2, 0.25) is 5.91 Å². The smallest absolute Gasteiger partial charge is 0.252 e. The van der Waals surface area contributed by atoms with Crippen molar-refractivity contribution in [2.75, 3.05) is 7.05 Å². The first-order valence-electron chi connectivity index (χ1n) is 7.21. The number of carbonyl (C=O) groups is 1. The summed E-state index contributed by atoms with van der Waals surface area (Å²) in [5.41, 5.74) is 0. The fourth-order valence-corrected chi connectivity index (χ4v) is 3.62. The second-order valence-electron chi connectivity index (χ2n) is 5.37. The quantitative estimate of drug-likeness (QED) is 0.487. The lowest BCUT2D eigenvalue weighted by Crippen LogP contribution is -2.42. The largest absolute Gasteiger partial charge is 0.618 e. The number of pyridine rings is 1. The predicted molar refractivity (Wildman–Crippen MR) is 80.4 cm³/mol. The van der Waals surface area contributed by atoms with E-state index in [1.807, 2.05) is 24.9 Å². The van der Waals surface area contributed by atoms with Crippen LogP contribution in [-0.4, -0.2) is 29.1 Å². The van der Waals surface area contributed by atoms with E-state index in [0.29, 0.717) is 11.1 Å². The topological polar surface area (TPSA) is 47.2 Å². The number of hydrogen-bond acceptors (Lipinski definition) is 3. The molecule has 4 nitrogen and oxygen atoms in total. The summed E-state index contributed by atoms with van der Waals surface area (Å²) in [6, 6.07) is 5.63. The van der Waals surface area contributed by atoms with Crippen LogP contribution in [0.1, 0.15) is 39.0 Å². The highest BCUT2D eigenvalue weighted by molar-refractivity contribution is 8.00. The van der Waals surface area contributed by atoms with Gasteiger partial charge < -0.3 is 10.1 Å². The van der Waals surface area contributed by atoms with Crippen LogP contribution in [0.25, 0.3) is 0 Å². The summed E-state index contributed by atoms with van der Waals surface area (Å²) in [5.74, 6) is 0.116. The molecule has 0 saturated heterocycles. The third-order valence-electron chi connectivity index (χ3n) is 3.90. The molecule has 110 valence electrons. The van der Waals surface area contributed by atoms with E-state index in [1.165, 1.54) is 37.2 Å². The summed E-state index contributed by atoms with van der Waals surface area (Å²) < 4.78 is 0.815. The Morgan fingerprint density at radius 1 is 1.40 bits per heavy atom. The molecule has 1 unspecified atom stereocenters. The number of thioether (sulfide) groups is 1. The Labute approximate surface area is 124 Å². The molecule has 1 fully saturated rings. The molecule has 5 heteroatoms. The second kappa shape index (κ2) is 6.97. The van der Waals surface area contributed by atoms with Crippen LogP contribution >= 0.6 is 11.8 Å². The zero-order chi connectivity index (χ0) is 14.5. The fourth-order valence-electron chi connectivity index (χ4n) is 2.67. The van der Waals surface area contributed by atoms with Gasteiger partial charge in [0.25, 0.3) is 5.03 Å². The van der Waals surface area contributed by atoms with Gasteiger partial charge in [-0.3, -0.25) is 4.79 Å². The zero-order valence-corrected chi connectivity index (χ0v) is 12.9. The van der Waals surface area contributed by atoms with Gasteiger partial charge in [-0.15, -0.1) is 0 Å². The van der Waals surface area contributed by atoms with Crippen LogP contribution in [0.15, 0.2) is 29.4 Å². The van der Waals surface area contributed by atoms with Gasteiger partial charge in [0.1, 0.15) is 0 Å². The standard InChI is InChI=1S/C15H22N2O2S/c1-12(20-14-10-6-7-11-17(14)19)15(18)16(2)13-8-4-3-5-9-13/h6-7,10-13H,3-5,8-9H2,1-2H3. The normalized spacial score (nSPS) is 17.7. The molecule has 1 aromatic rings. The first kappa shape index (κ1) is 15.2. The van der Waals surface area contributed by atoms with Gasteiger partial charge >= 0.3 is 0 Å². The molecule has 2 rings (SSSR count).